The normalized spacial score (nSPS) is 20.6. The predicted molar refractivity (Wildman–Crippen MR) is 98.8 cm³/mol. The fourth-order valence-electron chi connectivity index (χ4n) is 2.99. The minimum atomic E-state index is -3.89. The SMILES string of the molecule is CCc1ccc(S(=O)(=O)N2CC(Oc3ccccc3F)CC2C(=O)OC)s1. The molecular weight excluding hydrogens is 393 g/mol. The van der Waals surface area contributed by atoms with Gasteiger partial charge in [-0.3, -0.25) is 4.79 Å². The van der Waals surface area contributed by atoms with Gasteiger partial charge in [-0.25, -0.2) is 12.8 Å². The van der Waals surface area contributed by atoms with Gasteiger partial charge in [-0.15, -0.1) is 11.3 Å². The Hall–Kier alpha value is -1.97. The van der Waals surface area contributed by atoms with E-state index >= 15 is 0 Å². The van der Waals surface area contributed by atoms with Gasteiger partial charge in [0, 0.05) is 11.3 Å². The largest absolute Gasteiger partial charge is 0.486 e. The highest BCUT2D eigenvalue weighted by Crippen LogP contribution is 2.33. The number of para-hydroxylation sites is 1. The zero-order chi connectivity index (χ0) is 19.6. The van der Waals surface area contributed by atoms with Gasteiger partial charge in [0.1, 0.15) is 16.4 Å². The molecule has 0 bridgehead atoms. The molecular formula is C18H20FNO5S2. The number of aryl methyl sites for hydroxylation is 1. The number of carbonyl (C=O) groups is 1. The predicted octanol–water partition coefficient (Wildman–Crippen LogP) is 2.83. The molecule has 0 spiro atoms. The number of thiophene rings is 1. The number of esters is 1. The van der Waals surface area contributed by atoms with E-state index in [1.54, 1.807) is 12.1 Å². The molecule has 2 atom stereocenters. The lowest BCUT2D eigenvalue weighted by atomic mass is 10.2. The van der Waals surface area contributed by atoms with Gasteiger partial charge in [0.05, 0.1) is 13.7 Å². The van der Waals surface area contributed by atoms with E-state index in [0.717, 1.165) is 15.6 Å². The molecule has 1 aliphatic rings. The van der Waals surface area contributed by atoms with Crippen LogP contribution in [0, 0.1) is 5.82 Å². The number of methoxy groups -OCH3 is 1. The number of sulfonamides is 1. The Bertz CT molecular complexity index is 927. The fraction of sp³-hybridized carbons (Fsp3) is 0.389. The summed E-state index contributed by atoms with van der Waals surface area (Å²) in [6, 6.07) is 8.17. The van der Waals surface area contributed by atoms with E-state index in [0.29, 0.717) is 0 Å². The number of ether oxygens (including phenoxy) is 2. The molecule has 2 heterocycles. The Balaban J connectivity index is 1.88. The third kappa shape index (κ3) is 3.99. The van der Waals surface area contributed by atoms with Crippen molar-refractivity contribution in [3.8, 4) is 5.75 Å². The fourth-order valence-corrected chi connectivity index (χ4v) is 6.04. The summed E-state index contributed by atoms with van der Waals surface area (Å²) < 4.78 is 51.6. The first kappa shape index (κ1) is 19.8. The number of carbonyl (C=O) groups excluding carboxylic acids is 1. The van der Waals surface area contributed by atoms with Crippen LogP contribution in [-0.4, -0.2) is 44.5 Å². The topological polar surface area (TPSA) is 72.9 Å². The van der Waals surface area contributed by atoms with Crippen molar-refractivity contribution in [2.45, 2.75) is 36.1 Å². The van der Waals surface area contributed by atoms with Crippen LogP contribution in [0.15, 0.2) is 40.6 Å². The summed E-state index contributed by atoms with van der Waals surface area (Å²) in [5.41, 5.74) is 0. The molecule has 0 N–H and O–H groups in total. The summed E-state index contributed by atoms with van der Waals surface area (Å²) in [5.74, 6) is -1.18. The van der Waals surface area contributed by atoms with E-state index in [-0.39, 0.29) is 22.9 Å². The van der Waals surface area contributed by atoms with Crippen molar-refractivity contribution < 1.29 is 27.1 Å². The molecule has 3 rings (SSSR count). The van der Waals surface area contributed by atoms with Crippen LogP contribution >= 0.6 is 11.3 Å². The summed E-state index contributed by atoms with van der Waals surface area (Å²) in [6.07, 6.45) is 0.151. The van der Waals surface area contributed by atoms with E-state index in [1.165, 1.54) is 42.7 Å². The number of halogens is 1. The molecule has 0 radical (unpaired) electrons. The first-order valence-electron chi connectivity index (χ1n) is 8.46. The number of hydrogen-bond donors (Lipinski definition) is 0. The van der Waals surface area contributed by atoms with Crippen molar-refractivity contribution in [1.29, 1.82) is 0 Å². The highest BCUT2D eigenvalue weighted by Gasteiger charge is 2.46. The van der Waals surface area contributed by atoms with Crippen LogP contribution in [0.3, 0.4) is 0 Å². The minimum absolute atomic E-state index is 0.0229. The van der Waals surface area contributed by atoms with E-state index in [1.807, 2.05) is 6.92 Å². The Labute approximate surface area is 161 Å². The monoisotopic (exact) mass is 413 g/mol. The summed E-state index contributed by atoms with van der Waals surface area (Å²) >= 11 is 1.17. The van der Waals surface area contributed by atoms with E-state index in [4.69, 9.17) is 9.47 Å². The lowest BCUT2D eigenvalue weighted by molar-refractivity contribution is -0.144. The third-order valence-corrected chi connectivity index (χ3v) is 7.94. The van der Waals surface area contributed by atoms with Gasteiger partial charge in [-0.05, 0) is 30.7 Å². The Kier molecular flexibility index (Phi) is 5.83. The molecule has 27 heavy (non-hydrogen) atoms. The minimum Gasteiger partial charge on any atom is -0.486 e. The van der Waals surface area contributed by atoms with Crippen molar-refractivity contribution in [1.82, 2.24) is 4.31 Å². The molecule has 0 amide bonds. The van der Waals surface area contributed by atoms with Crippen LogP contribution < -0.4 is 4.74 Å². The van der Waals surface area contributed by atoms with Crippen LogP contribution in [0.2, 0.25) is 0 Å². The molecule has 146 valence electrons. The van der Waals surface area contributed by atoms with Crippen LogP contribution in [-0.2, 0) is 26.0 Å². The summed E-state index contributed by atoms with van der Waals surface area (Å²) in [6.45, 7) is 1.88. The van der Waals surface area contributed by atoms with Crippen molar-refractivity contribution in [3.05, 3.63) is 47.1 Å². The third-order valence-electron chi connectivity index (χ3n) is 4.37. The highest BCUT2D eigenvalue weighted by atomic mass is 32.2. The maximum absolute atomic E-state index is 13.9. The second-order valence-corrected chi connectivity index (χ2v) is 9.38. The Morgan fingerprint density at radius 1 is 1.30 bits per heavy atom. The average molecular weight is 413 g/mol. The quantitative estimate of drug-likeness (QED) is 0.681. The van der Waals surface area contributed by atoms with Gasteiger partial charge >= 0.3 is 5.97 Å². The molecule has 0 aliphatic carbocycles. The average Bonchev–Trinajstić information content (AvgIpc) is 3.30. The molecule has 1 saturated heterocycles. The van der Waals surface area contributed by atoms with Gasteiger partial charge in [0.25, 0.3) is 10.0 Å². The lowest BCUT2D eigenvalue weighted by Crippen LogP contribution is -2.41. The van der Waals surface area contributed by atoms with Gasteiger partial charge in [-0.1, -0.05) is 19.1 Å². The molecule has 1 aliphatic heterocycles. The molecule has 0 saturated carbocycles. The van der Waals surface area contributed by atoms with Gasteiger partial charge < -0.3 is 9.47 Å². The van der Waals surface area contributed by atoms with Crippen LogP contribution in [0.25, 0.3) is 0 Å². The molecule has 1 aromatic heterocycles. The highest BCUT2D eigenvalue weighted by molar-refractivity contribution is 7.91. The molecule has 9 heteroatoms. The second kappa shape index (κ2) is 7.95. The maximum atomic E-state index is 13.9. The van der Waals surface area contributed by atoms with Gasteiger partial charge in [0.2, 0.25) is 0 Å². The maximum Gasteiger partial charge on any atom is 0.324 e. The first-order chi connectivity index (χ1) is 12.9. The van der Waals surface area contributed by atoms with Crippen LogP contribution in [0.5, 0.6) is 5.75 Å². The smallest absolute Gasteiger partial charge is 0.324 e. The lowest BCUT2D eigenvalue weighted by Gasteiger charge is -2.20. The van der Waals surface area contributed by atoms with Crippen molar-refractivity contribution in [2.75, 3.05) is 13.7 Å². The van der Waals surface area contributed by atoms with Crippen molar-refractivity contribution in [3.63, 3.8) is 0 Å². The first-order valence-corrected chi connectivity index (χ1v) is 10.7. The molecule has 2 unspecified atom stereocenters. The molecule has 1 fully saturated rings. The zero-order valence-electron chi connectivity index (χ0n) is 14.9. The summed E-state index contributed by atoms with van der Waals surface area (Å²) in [5, 5.41) is 0. The van der Waals surface area contributed by atoms with Gasteiger partial charge in [0.15, 0.2) is 11.6 Å². The van der Waals surface area contributed by atoms with Crippen molar-refractivity contribution >= 4 is 27.3 Å². The molecule has 2 aromatic rings. The summed E-state index contributed by atoms with van der Waals surface area (Å²) in [7, 11) is -2.68. The van der Waals surface area contributed by atoms with E-state index in [2.05, 4.69) is 0 Å². The van der Waals surface area contributed by atoms with Crippen LogP contribution in [0.1, 0.15) is 18.2 Å². The van der Waals surface area contributed by atoms with Crippen LogP contribution in [0.4, 0.5) is 4.39 Å². The van der Waals surface area contributed by atoms with Gasteiger partial charge in [-0.2, -0.15) is 4.31 Å². The second-order valence-electron chi connectivity index (χ2n) is 6.09. The molecule has 1 aromatic carbocycles. The molecule has 6 nitrogen and oxygen atoms in total. The van der Waals surface area contributed by atoms with E-state index in [9.17, 15) is 17.6 Å². The summed E-state index contributed by atoms with van der Waals surface area (Å²) in [4.78, 5) is 13.1. The van der Waals surface area contributed by atoms with Crippen molar-refractivity contribution in [2.24, 2.45) is 0 Å². The standard InChI is InChI=1S/C18H20FNO5S2/c1-3-13-8-9-17(26-13)27(22,23)20-11-12(10-15(20)18(21)24-2)25-16-7-5-4-6-14(16)19/h4-9,12,15H,3,10-11H2,1-2H3. The Morgan fingerprint density at radius 3 is 2.67 bits per heavy atom. The number of nitrogens with zero attached hydrogens (tertiary/aromatic N) is 1. The number of benzene rings is 1. The number of hydrogen-bond acceptors (Lipinski definition) is 6. The van der Waals surface area contributed by atoms with E-state index < -0.39 is 34.0 Å². The zero-order valence-corrected chi connectivity index (χ0v) is 16.6. The number of rotatable bonds is 6. The Morgan fingerprint density at radius 2 is 2.04 bits per heavy atom.